The zero-order valence-electron chi connectivity index (χ0n) is 16.1. The molecule has 3 unspecified atom stereocenters. The third kappa shape index (κ3) is 2.82. The lowest BCUT2D eigenvalue weighted by atomic mass is 9.85. The lowest BCUT2D eigenvalue weighted by molar-refractivity contribution is -0.164. The molecule has 2 N–H and O–H groups in total. The number of benzene rings is 1. The quantitative estimate of drug-likeness (QED) is 0.461. The van der Waals surface area contributed by atoms with Crippen molar-refractivity contribution in [1.82, 2.24) is 30.4 Å². The number of rotatable bonds is 6. The Kier molecular flexibility index (Phi) is 4.85. The Labute approximate surface area is 181 Å². The molecule has 2 fully saturated rings. The number of hydrogen-bond donors (Lipinski definition) is 2. The van der Waals surface area contributed by atoms with Gasteiger partial charge >= 0.3 is 5.97 Å². The summed E-state index contributed by atoms with van der Waals surface area (Å²) in [4.78, 5) is 39.1. The number of nitrogens with one attached hydrogen (secondary N) is 1. The monoisotopic (exact) mass is 446 g/mol. The molecule has 0 spiro atoms. The van der Waals surface area contributed by atoms with E-state index >= 15 is 0 Å². The Bertz CT molecular complexity index is 1050. The number of carboxylic acid groups (broad SMARTS) is 1. The van der Waals surface area contributed by atoms with E-state index < -0.39 is 33.6 Å². The predicted octanol–water partition coefficient (Wildman–Crippen LogP) is -0.109. The van der Waals surface area contributed by atoms with E-state index in [2.05, 4.69) is 20.8 Å². The number of carbonyl (C=O) groups is 3. The van der Waals surface area contributed by atoms with Crippen molar-refractivity contribution in [2.45, 2.75) is 35.0 Å². The van der Waals surface area contributed by atoms with Gasteiger partial charge in [-0.15, -0.1) is 16.9 Å². The molecule has 156 valence electrons. The van der Waals surface area contributed by atoms with Gasteiger partial charge in [-0.1, -0.05) is 42.5 Å². The van der Waals surface area contributed by atoms with Crippen molar-refractivity contribution in [3.8, 4) is 0 Å². The normalized spacial score (nSPS) is 29.8. The number of fused-ring (bicyclic) bond motifs is 1. The number of carbonyl (C=O) groups excluding carboxylic acids is 2. The standard InChI is InChI=1S/C18H18N6O4S2/c1-17(14-20-21-22-23(14)2)12(13(26)27)24-15(28)18(9-29,16(24)30-17)19-11(25)8-10-6-4-3-5-7-10/h3-7,9,12,16H,8H2,1-2H3,(H,19,25)(H,26,27)/t12?,16-,17?,18?/m0/s1. The highest BCUT2D eigenvalue weighted by Crippen LogP contribution is 2.58. The fourth-order valence-electron chi connectivity index (χ4n) is 4.03. The van der Waals surface area contributed by atoms with E-state index in [1.54, 1.807) is 14.0 Å². The Morgan fingerprint density at radius 1 is 1.37 bits per heavy atom. The zero-order valence-corrected chi connectivity index (χ0v) is 17.7. The SMILES string of the molecule is Cn1nnnc1C1(C)S[C@@H]2N(C(=O)C2(C=S)NC(=O)Cc2ccccc2)C1C(=O)O. The van der Waals surface area contributed by atoms with Crippen LogP contribution in [-0.4, -0.2) is 70.3 Å². The van der Waals surface area contributed by atoms with Gasteiger partial charge in [0.2, 0.25) is 5.91 Å². The molecule has 2 aromatic rings. The smallest absolute Gasteiger partial charge is 0.328 e. The lowest BCUT2D eigenvalue weighted by Crippen LogP contribution is -2.80. The van der Waals surface area contributed by atoms with Gasteiger partial charge in [0.15, 0.2) is 17.4 Å². The van der Waals surface area contributed by atoms with Gasteiger partial charge in [0, 0.05) is 12.4 Å². The highest BCUT2D eigenvalue weighted by atomic mass is 32.2. The molecule has 1 aromatic heterocycles. The van der Waals surface area contributed by atoms with Crippen LogP contribution >= 0.6 is 24.0 Å². The van der Waals surface area contributed by atoms with Crippen LogP contribution in [0.1, 0.15) is 18.3 Å². The van der Waals surface area contributed by atoms with Crippen molar-refractivity contribution >= 4 is 47.1 Å². The summed E-state index contributed by atoms with van der Waals surface area (Å²) in [5.74, 6) is -1.80. The Morgan fingerprint density at radius 2 is 2.07 bits per heavy atom. The number of tetrazole rings is 1. The van der Waals surface area contributed by atoms with Gasteiger partial charge in [0.25, 0.3) is 5.91 Å². The molecule has 3 heterocycles. The van der Waals surface area contributed by atoms with E-state index in [-0.39, 0.29) is 12.3 Å². The minimum atomic E-state index is -1.47. The number of carboxylic acids is 1. The molecule has 0 saturated carbocycles. The second kappa shape index (κ2) is 7.13. The fraction of sp³-hybridized carbons (Fsp3) is 0.389. The van der Waals surface area contributed by atoms with Crippen molar-refractivity contribution in [3.63, 3.8) is 0 Å². The summed E-state index contributed by atoms with van der Waals surface area (Å²) in [6, 6.07) is 7.88. The third-order valence-electron chi connectivity index (χ3n) is 5.42. The van der Waals surface area contributed by atoms with E-state index in [1.165, 1.54) is 26.7 Å². The molecule has 0 radical (unpaired) electrons. The number of aromatic nitrogens is 4. The Morgan fingerprint density at radius 3 is 2.63 bits per heavy atom. The minimum absolute atomic E-state index is 0.0727. The minimum Gasteiger partial charge on any atom is -0.480 e. The number of aryl methyl sites for hydroxylation is 1. The summed E-state index contributed by atoms with van der Waals surface area (Å²) in [6.45, 7) is 1.67. The van der Waals surface area contributed by atoms with E-state index in [4.69, 9.17) is 12.2 Å². The van der Waals surface area contributed by atoms with Crippen molar-refractivity contribution in [2.75, 3.05) is 0 Å². The number of thiocarbonyl (C=S) groups is 1. The number of hydrogen-bond acceptors (Lipinski definition) is 8. The van der Waals surface area contributed by atoms with Crippen LogP contribution in [0.15, 0.2) is 30.3 Å². The average molecular weight is 447 g/mol. The van der Waals surface area contributed by atoms with Crippen LogP contribution in [-0.2, 0) is 32.6 Å². The van der Waals surface area contributed by atoms with E-state index in [1.807, 2.05) is 30.3 Å². The maximum atomic E-state index is 13.1. The average Bonchev–Trinajstić information content (AvgIpc) is 3.27. The van der Waals surface area contributed by atoms with Crippen LogP contribution < -0.4 is 5.32 Å². The van der Waals surface area contributed by atoms with Crippen molar-refractivity contribution in [3.05, 3.63) is 41.7 Å². The third-order valence-corrected chi connectivity index (χ3v) is 7.51. The lowest BCUT2D eigenvalue weighted by Gasteiger charge is -2.51. The first-order chi connectivity index (χ1) is 14.2. The van der Waals surface area contributed by atoms with E-state index in [0.717, 1.165) is 5.56 Å². The number of amides is 2. The Hall–Kier alpha value is -2.86. The number of thioether (sulfide) groups is 1. The van der Waals surface area contributed by atoms with Gasteiger partial charge < -0.3 is 15.3 Å². The summed E-state index contributed by atoms with van der Waals surface area (Å²) in [7, 11) is 1.60. The van der Waals surface area contributed by atoms with Gasteiger partial charge in [0.05, 0.1) is 6.42 Å². The highest BCUT2D eigenvalue weighted by molar-refractivity contribution is 8.01. The number of aliphatic carboxylic acids is 1. The van der Waals surface area contributed by atoms with Crippen LogP contribution in [0, 0.1) is 0 Å². The van der Waals surface area contributed by atoms with Crippen molar-refractivity contribution in [1.29, 1.82) is 0 Å². The second-order valence-corrected chi connectivity index (χ2v) is 9.12. The molecular formula is C18H18N6O4S2. The van der Waals surface area contributed by atoms with Gasteiger partial charge in [0.1, 0.15) is 10.1 Å². The first-order valence-electron chi connectivity index (χ1n) is 9.02. The molecule has 30 heavy (non-hydrogen) atoms. The molecule has 2 saturated heterocycles. The summed E-state index contributed by atoms with van der Waals surface area (Å²) in [6.07, 6.45) is 0.0727. The zero-order chi connectivity index (χ0) is 21.7. The van der Waals surface area contributed by atoms with Gasteiger partial charge in [-0.05, 0) is 22.9 Å². The largest absolute Gasteiger partial charge is 0.480 e. The van der Waals surface area contributed by atoms with Crippen LogP contribution in [0.2, 0.25) is 0 Å². The number of β-lactam (4-membered cyclic amide) rings is 1. The molecule has 0 aliphatic carbocycles. The molecular weight excluding hydrogens is 428 g/mol. The molecule has 2 amide bonds. The van der Waals surface area contributed by atoms with Crippen LogP contribution in [0.5, 0.6) is 0 Å². The molecule has 10 nitrogen and oxygen atoms in total. The molecule has 1 aromatic carbocycles. The van der Waals surface area contributed by atoms with E-state index in [0.29, 0.717) is 5.82 Å². The maximum Gasteiger partial charge on any atom is 0.328 e. The highest BCUT2D eigenvalue weighted by Gasteiger charge is 2.73. The summed E-state index contributed by atoms with van der Waals surface area (Å²) in [5, 5.41) is 24.5. The molecule has 4 rings (SSSR count). The van der Waals surface area contributed by atoms with Gasteiger partial charge in [-0.3, -0.25) is 9.59 Å². The van der Waals surface area contributed by atoms with Crippen LogP contribution in [0.4, 0.5) is 0 Å². The fourth-order valence-corrected chi connectivity index (χ4v) is 6.24. The predicted molar refractivity (Wildman–Crippen MR) is 110 cm³/mol. The topological polar surface area (TPSA) is 130 Å². The maximum absolute atomic E-state index is 13.1. The van der Waals surface area contributed by atoms with Gasteiger partial charge in [-0.25, -0.2) is 9.48 Å². The molecule has 2 aliphatic rings. The van der Waals surface area contributed by atoms with Crippen LogP contribution in [0.3, 0.4) is 0 Å². The first-order valence-corrected chi connectivity index (χ1v) is 10.4. The van der Waals surface area contributed by atoms with E-state index in [9.17, 15) is 19.5 Å². The van der Waals surface area contributed by atoms with Gasteiger partial charge in [-0.2, -0.15) is 0 Å². The van der Waals surface area contributed by atoms with Crippen molar-refractivity contribution < 1.29 is 19.5 Å². The van der Waals surface area contributed by atoms with Crippen LogP contribution in [0.25, 0.3) is 0 Å². The summed E-state index contributed by atoms with van der Waals surface area (Å²) >= 11 is 6.34. The molecule has 4 atom stereocenters. The van der Waals surface area contributed by atoms with Crippen molar-refractivity contribution in [2.24, 2.45) is 7.05 Å². The summed E-state index contributed by atoms with van der Waals surface area (Å²) < 4.78 is 0.251. The molecule has 2 aliphatic heterocycles. The number of nitrogens with zero attached hydrogens (tertiary/aromatic N) is 5. The molecule has 0 bridgehead atoms. The molecule has 12 heteroatoms. The Balaban J connectivity index is 1.65. The summed E-state index contributed by atoms with van der Waals surface area (Å²) in [5.41, 5.74) is -0.681. The second-order valence-electron chi connectivity index (χ2n) is 7.35. The first kappa shape index (κ1) is 20.4.